The molecule has 0 saturated carbocycles. The van der Waals surface area contributed by atoms with Gasteiger partial charge in [0.2, 0.25) is 0 Å². The number of sulfonamides is 1. The van der Waals surface area contributed by atoms with Crippen molar-refractivity contribution in [2.45, 2.75) is 11.4 Å². The van der Waals surface area contributed by atoms with Crippen molar-refractivity contribution in [3.8, 4) is 0 Å². The third kappa shape index (κ3) is 4.26. The quantitative estimate of drug-likeness (QED) is 0.530. The Balaban J connectivity index is 2.20. The first-order valence-corrected chi connectivity index (χ1v) is 10.4. The van der Waals surface area contributed by atoms with Gasteiger partial charge in [0.15, 0.2) is 0 Å². The predicted molar refractivity (Wildman–Crippen MR) is 109 cm³/mol. The number of nitrogens with zero attached hydrogens (tertiary/aromatic N) is 1. The van der Waals surface area contributed by atoms with Crippen LogP contribution in [0.3, 0.4) is 0 Å². The van der Waals surface area contributed by atoms with Crippen LogP contribution in [0.25, 0.3) is 0 Å². The van der Waals surface area contributed by atoms with Crippen LogP contribution in [0.15, 0.2) is 77.7 Å². The van der Waals surface area contributed by atoms with E-state index in [4.69, 9.17) is 16.3 Å². The smallest absolute Gasteiger partial charge is 0.339 e. The first kappa shape index (κ1) is 20.8. The first-order chi connectivity index (χ1) is 13.9. The number of rotatable bonds is 6. The number of esters is 1. The molecule has 0 spiro atoms. The Morgan fingerprint density at radius 2 is 1.62 bits per heavy atom. The van der Waals surface area contributed by atoms with Gasteiger partial charge in [0.05, 0.1) is 29.9 Å². The van der Waals surface area contributed by atoms with E-state index in [0.29, 0.717) is 0 Å². The van der Waals surface area contributed by atoms with Gasteiger partial charge in [-0.2, -0.15) is 0 Å². The van der Waals surface area contributed by atoms with E-state index in [1.165, 1.54) is 54.6 Å². The molecule has 0 fully saturated rings. The number of ether oxygens (including phenoxy) is 1. The standard InChI is InChI=1S/C21H17ClFNO4S/c1-28-21(25)16-9-3-7-13-20(16)29(26,27)24(19-12-6-4-10-17(19)22)14-15-8-2-5-11-18(15)23/h2-13H,14H2,1H3. The Morgan fingerprint density at radius 3 is 2.31 bits per heavy atom. The van der Waals surface area contributed by atoms with Crippen molar-refractivity contribution in [3.63, 3.8) is 0 Å². The average molecular weight is 434 g/mol. The molecule has 29 heavy (non-hydrogen) atoms. The molecule has 3 aromatic carbocycles. The second-order valence-electron chi connectivity index (χ2n) is 6.04. The van der Waals surface area contributed by atoms with Gasteiger partial charge >= 0.3 is 5.97 Å². The zero-order chi connectivity index (χ0) is 21.0. The molecule has 0 heterocycles. The number of carbonyl (C=O) groups excluding carboxylic acids is 1. The van der Waals surface area contributed by atoms with Gasteiger partial charge in [0.1, 0.15) is 10.7 Å². The largest absolute Gasteiger partial charge is 0.465 e. The molecule has 5 nitrogen and oxygen atoms in total. The molecule has 3 aromatic rings. The molecule has 8 heteroatoms. The number of para-hydroxylation sites is 1. The molecule has 0 bridgehead atoms. The highest BCUT2D eigenvalue weighted by molar-refractivity contribution is 7.92. The topological polar surface area (TPSA) is 63.7 Å². The minimum absolute atomic E-state index is 0.124. The van der Waals surface area contributed by atoms with Gasteiger partial charge in [0.25, 0.3) is 10.0 Å². The van der Waals surface area contributed by atoms with Crippen molar-refractivity contribution in [2.75, 3.05) is 11.4 Å². The van der Waals surface area contributed by atoms with Crippen LogP contribution < -0.4 is 4.31 Å². The first-order valence-electron chi connectivity index (χ1n) is 8.54. The molecule has 0 saturated heterocycles. The minimum atomic E-state index is -4.30. The molecule has 0 aliphatic carbocycles. The number of halogens is 2. The molecule has 150 valence electrons. The van der Waals surface area contributed by atoms with Crippen LogP contribution in [0, 0.1) is 5.82 Å². The van der Waals surface area contributed by atoms with E-state index in [1.807, 2.05) is 0 Å². The van der Waals surface area contributed by atoms with E-state index in [2.05, 4.69) is 0 Å². The van der Waals surface area contributed by atoms with Crippen LogP contribution in [0.4, 0.5) is 10.1 Å². The lowest BCUT2D eigenvalue weighted by Gasteiger charge is -2.26. The molecule has 3 rings (SSSR count). The lowest BCUT2D eigenvalue weighted by Crippen LogP contribution is -2.32. The molecule has 0 unspecified atom stereocenters. The number of hydrogen-bond acceptors (Lipinski definition) is 4. The Hall–Kier alpha value is -2.90. The predicted octanol–water partition coefficient (Wildman–Crippen LogP) is 4.66. The molecular formula is C21H17ClFNO4S. The van der Waals surface area contributed by atoms with Gasteiger partial charge in [-0.05, 0) is 30.3 Å². The molecule has 0 aliphatic heterocycles. The lowest BCUT2D eigenvalue weighted by molar-refractivity contribution is 0.0596. The van der Waals surface area contributed by atoms with E-state index < -0.39 is 21.8 Å². The maximum atomic E-state index is 14.3. The van der Waals surface area contributed by atoms with Gasteiger partial charge in [-0.15, -0.1) is 0 Å². The highest BCUT2D eigenvalue weighted by Crippen LogP contribution is 2.33. The summed E-state index contributed by atoms with van der Waals surface area (Å²) in [6.07, 6.45) is 0. The summed E-state index contributed by atoms with van der Waals surface area (Å²) in [6, 6.07) is 17.9. The second kappa shape index (κ2) is 8.63. The summed E-state index contributed by atoms with van der Waals surface area (Å²) in [6.45, 7) is -0.311. The molecule has 0 atom stereocenters. The van der Waals surface area contributed by atoms with Crippen molar-refractivity contribution in [3.05, 3.63) is 94.8 Å². The van der Waals surface area contributed by atoms with Crippen LogP contribution in [0.2, 0.25) is 5.02 Å². The van der Waals surface area contributed by atoms with Gasteiger partial charge in [-0.1, -0.05) is 54.1 Å². The van der Waals surface area contributed by atoms with Crippen LogP contribution >= 0.6 is 11.6 Å². The Bertz CT molecular complexity index is 1150. The van der Waals surface area contributed by atoms with Crippen molar-refractivity contribution in [1.82, 2.24) is 0 Å². The third-order valence-corrected chi connectivity index (χ3v) is 6.39. The van der Waals surface area contributed by atoms with Crippen molar-refractivity contribution >= 4 is 33.3 Å². The normalized spacial score (nSPS) is 11.1. The fourth-order valence-electron chi connectivity index (χ4n) is 2.82. The summed E-state index contributed by atoms with van der Waals surface area (Å²) in [7, 11) is -3.13. The number of methoxy groups -OCH3 is 1. The van der Waals surface area contributed by atoms with Crippen molar-refractivity contribution in [1.29, 1.82) is 0 Å². The van der Waals surface area contributed by atoms with E-state index in [1.54, 1.807) is 18.2 Å². The molecule has 0 N–H and O–H groups in total. The Kier molecular flexibility index (Phi) is 6.20. The summed E-state index contributed by atoms with van der Waals surface area (Å²) < 4.78 is 47.1. The summed E-state index contributed by atoms with van der Waals surface area (Å²) in [5.41, 5.74) is 0.198. The van der Waals surface area contributed by atoms with Gasteiger partial charge < -0.3 is 4.74 Å². The summed E-state index contributed by atoms with van der Waals surface area (Å²) >= 11 is 6.26. The monoisotopic (exact) mass is 433 g/mol. The van der Waals surface area contributed by atoms with Crippen molar-refractivity contribution < 1.29 is 22.3 Å². The van der Waals surface area contributed by atoms with Crippen LogP contribution in [0.1, 0.15) is 15.9 Å². The van der Waals surface area contributed by atoms with Crippen molar-refractivity contribution in [2.24, 2.45) is 0 Å². The van der Waals surface area contributed by atoms with Gasteiger partial charge in [-0.3, -0.25) is 4.31 Å². The van der Waals surface area contributed by atoms with Crippen LogP contribution in [-0.2, 0) is 21.3 Å². The number of carbonyl (C=O) groups is 1. The summed E-state index contributed by atoms with van der Waals surface area (Å²) in [4.78, 5) is 11.9. The molecule has 0 amide bonds. The van der Waals surface area contributed by atoms with Gasteiger partial charge in [0, 0.05) is 5.56 Å². The fraction of sp³-hybridized carbons (Fsp3) is 0.0952. The van der Waals surface area contributed by atoms with E-state index in [9.17, 15) is 17.6 Å². The molecular weight excluding hydrogens is 417 g/mol. The van der Waals surface area contributed by atoms with E-state index in [-0.39, 0.29) is 33.3 Å². The van der Waals surface area contributed by atoms with E-state index in [0.717, 1.165) is 11.4 Å². The fourth-order valence-corrected chi connectivity index (χ4v) is 4.76. The third-order valence-electron chi connectivity index (χ3n) is 4.25. The number of anilines is 1. The molecule has 0 radical (unpaired) electrons. The maximum Gasteiger partial charge on any atom is 0.339 e. The van der Waals surface area contributed by atoms with Crippen LogP contribution in [-0.4, -0.2) is 21.5 Å². The SMILES string of the molecule is COC(=O)c1ccccc1S(=O)(=O)N(Cc1ccccc1F)c1ccccc1Cl. The van der Waals surface area contributed by atoms with E-state index >= 15 is 0 Å². The highest BCUT2D eigenvalue weighted by Gasteiger charge is 2.31. The Morgan fingerprint density at radius 1 is 1.00 bits per heavy atom. The zero-order valence-electron chi connectivity index (χ0n) is 15.4. The summed E-state index contributed by atoms with van der Waals surface area (Å²) in [5, 5.41) is 0.169. The van der Waals surface area contributed by atoms with Crippen LogP contribution in [0.5, 0.6) is 0 Å². The summed E-state index contributed by atoms with van der Waals surface area (Å²) in [5.74, 6) is -1.35. The molecule has 0 aliphatic rings. The second-order valence-corrected chi connectivity index (χ2v) is 8.28. The highest BCUT2D eigenvalue weighted by atomic mass is 35.5. The number of hydrogen-bond donors (Lipinski definition) is 0. The minimum Gasteiger partial charge on any atom is -0.465 e. The maximum absolute atomic E-state index is 14.3. The lowest BCUT2D eigenvalue weighted by atomic mass is 10.2. The average Bonchev–Trinajstić information content (AvgIpc) is 2.73. The Labute approximate surface area is 173 Å². The zero-order valence-corrected chi connectivity index (χ0v) is 17.0. The van der Waals surface area contributed by atoms with Gasteiger partial charge in [-0.25, -0.2) is 17.6 Å². The molecule has 0 aromatic heterocycles. The number of benzene rings is 3.